The second-order valence-electron chi connectivity index (χ2n) is 5.55. The molecule has 0 aliphatic carbocycles. The van der Waals surface area contributed by atoms with E-state index in [4.69, 9.17) is 0 Å². The molecule has 0 amide bonds. The highest BCUT2D eigenvalue weighted by Crippen LogP contribution is 2.28. The highest BCUT2D eigenvalue weighted by Gasteiger charge is 2.15. The van der Waals surface area contributed by atoms with Crippen LogP contribution in [0.3, 0.4) is 0 Å². The maximum atomic E-state index is 12.4. The smallest absolute Gasteiger partial charge is 0.266 e. The van der Waals surface area contributed by atoms with E-state index in [2.05, 4.69) is 10.1 Å². The van der Waals surface area contributed by atoms with Crippen LogP contribution in [0, 0.1) is 32.1 Å². The summed E-state index contributed by atoms with van der Waals surface area (Å²) in [5.74, 6) is 0. The fourth-order valence-electron chi connectivity index (χ4n) is 2.43. The lowest BCUT2D eigenvalue weighted by atomic mass is 10.1. The Morgan fingerprint density at radius 1 is 1.17 bits per heavy atom. The minimum absolute atomic E-state index is 0.160. The molecule has 0 saturated heterocycles. The zero-order valence-corrected chi connectivity index (χ0v) is 14.5. The normalized spacial score (nSPS) is 10.6. The van der Waals surface area contributed by atoms with Crippen LogP contribution in [0.25, 0.3) is 10.6 Å². The zero-order chi connectivity index (χ0) is 17.3. The monoisotopic (exact) mass is 336 g/mol. The third-order valence-corrected chi connectivity index (χ3v) is 5.15. The first-order valence-electron chi connectivity index (χ1n) is 7.51. The van der Waals surface area contributed by atoms with Gasteiger partial charge in [-0.2, -0.15) is 10.4 Å². The van der Waals surface area contributed by atoms with E-state index < -0.39 is 0 Å². The number of aromatic nitrogens is 3. The van der Waals surface area contributed by atoms with Crippen LogP contribution in [0.15, 0.2) is 35.1 Å². The summed E-state index contributed by atoms with van der Waals surface area (Å²) in [6.07, 6.45) is 0. The molecule has 0 saturated carbocycles. The average Bonchev–Trinajstić information content (AvgIpc) is 2.95. The molecular weight excluding hydrogens is 320 g/mol. The summed E-state index contributed by atoms with van der Waals surface area (Å²) >= 11 is 1.55. The van der Waals surface area contributed by atoms with Crippen molar-refractivity contribution in [1.82, 2.24) is 14.8 Å². The van der Waals surface area contributed by atoms with Gasteiger partial charge in [0.25, 0.3) is 5.56 Å². The first-order chi connectivity index (χ1) is 11.5. The van der Waals surface area contributed by atoms with Crippen molar-refractivity contribution in [2.45, 2.75) is 27.3 Å². The quantitative estimate of drug-likeness (QED) is 0.736. The Morgan fingerprint density at radius 2 is 1.88 bits per heavy atom. The first-order valence-corrected chi connectivity index (χ1v) is 8.33. The van der Waals surface area contributed by atoms with Gasteiger partial charge in [-0.05, 0) is 26.3 Å². The van der Waals surface area contributed by atoms with Gasteiger partial charge < -0.3 is 0 Å². The number of thiazole rings is 1. The summed E-state index contributed by atoms with van der Waals surface area (Å²) in [5, 5.41) is 14.5. The van der Waals surface area contributed by atoms with E-state index in [0.29, 0.717) is 17.8 Å². The SMILES string of the molecule is Cc1nc(-c2ccccc2)sc1Cn1nc(C)c(C)c(C#N)c1=O. The Labute approximate surface area is 143 Å². The van der Waals surface area contributed by atoms with Crippen LogP contribution in [-0.4, -0.2) is 14.8 Å². The summed E-state index contributed by atoms with van der Waals surface area (Å²) in [5.41, 5.74) is 3.07. The van der Waals surface area contributed by atoms with Gasteiger partial charge >= 0.3 is 0 Å². The molecule has 0 fully saturated rings. The van der Waals surface area contributed by atoms with Crippen molar-refractivity contribution in [3.05, 3.63) is 68.1 Å². The van der Waals surface area contributed by atoms with Crippen molar-refractivity contribution >= 4 is 11.3 Å². The molecule has 6 heteroatoms. The van der Waals surface area contributed by atoms with Crippen LogP contribution in [0.5, 0.6) is 0 Å². The molecule has 5 nitrogen and oxygen atoms in total. The van der Waals surface area contributed by atoms with Crippen molar-refractivity contribution in [2.24, 2.45) is 0 Å². The lowest BCUT2D eigenvalue weighted by Crippen LogP contribution is -2.27. The molecule has 3 aromatic rings. The molecule has 24 heavy (non-hydrogen) atoms. The highest BCUT2D eigenvalue weighted by molar-refractivity contribution is 7.15. The van der Waals surface area contributed by atoms with Crippen LogP contribution in [0.1, 0.15) is 27.4 Å². The van der Waals surface area contributed by atoms with Crippen molar-refractivity contribution in [1.29, 1.82) is 5.26 Å². The Balaban J connectivity index is 2.02. The summed E-state index contributed by atoms with van der Waals surface area (Å²) in [6.45, 7) is 5.81. The Morgan fingerprint density at radius 3 is 2.54 bits per heavy atom. The van der Waals surface area contributed by atoms with Gasteiger partial charge in [-0.1, -0.05) is 30.3 Å². The molecular formula is C18H16N4OS. The molecule has 0 N–H and O–H groups in total. The number of nitriles is 1. The number of aryl methyl sites for hydroxylation is 2. The largest absolute Gasteiger partial charge is 0.285 e. The number of rotatable bonds is 3. The number of hydrogen-bond acceptors (Lipinski definition) is 5. The number of hydrogen-bond donors (Lipinski definition) is 0. The molecule has 0 aliphatic heterocycles. The van der Waals surface area contributed by atoms with E-state index in [9.17, 15) is 10.1 Å². The average molecular weight is 336 g/mol. The molecule has 2 heterocycles. The molecule has 120 valence electrons. The van der Waals surface area contributed by atoms with Crippen LogP contribution >= 0.6 is 11.3 Å². The third kappa shape index (κ3) is 2.86. The van der Waals surface area contributed by atoms with Crippen molar-refractivity contribution in [2.75, 3.05) is 0 Å². The van der Waals surface area contributed by atoms with E-state index in [1.54, 1.807) is 25.2 Å². The van der Waals surface area contributed by atoms with Crippen LogP contribution in [-0.2, 0) is 6.54 Å². The van der Waals surface area contributed by atoms with Gasteiger partial charge in [-0.3, -0.25) is 4.79 Å². The second-order valence-corrected chi connectivity index (χ2v) is 6.64. The minimum atomic E-state index is -0.352. The van der Waals surface area contributed by atoms with E-state index in [1.165, 1.54) is 4.68 Å². The van der Waals surface area contributed by atoms with Crippen molar-refractivity contribution < 1.29 is 0 Å². The third-order valence-electron chi connectivity index (χ3n) is 3.96. The molecule has 1 aromatic carbocycles. The lowest BCUT2D eigenvalue weighted by Gasteiger charge is -2.08. The Hall–Kier alpha value is -2.78. The van der Waals surface area contributed by atoms with Gasteiger partial charge in [0.1, 0.15) is 16.6 Å². The molecule has 0 unspecified atom stereocenters. The fourth-order valence-corrected chi connectivity index (χ4v) is 3.48. The van der Waals surface area contributed by atoms with E-state index in [1.807, 2.05) is 43.3 Å². The molecule has 0 atom stereocenters. The second kappa shape index (κ2) is 6.38. The predicted octanol–water partition coefficient (Wildman–Crippen LogP) is 3.21. The summed E-state index contributed by atoms with van der Waals surface area (Å²) in [7, 11) is 0. The number of nitrogens with zero attached hydrogens (tertiary/aromatic N) is 4. The van der Waals surface area contributed by atoms with E-state index in [0.717, 1.165) is 21.1 Å². The summed E-state index contributed by atoms with van der Waals surface area (Å²) < 4.78 is 1.36. The molecule has 2 aromatic heterocycles. The highest BCUT2D eigenvalue weighted by atomic mass is 32.1. The Kier molecular flexibility index (Phi) is 4.28. The van der Waals surface area contributed by atoms with Crippen LogP contribution in [0.2, 0.25) is 0 Å². The van der Waals surface area contributed by atoms with Gasteiger partial charge in [-0.15, -0.1) is 11.3 Å². The fraction of sp³-hybridized carbons (Fsp3) is 0.222. The van der Waals surface area contributed by atoms with E-state index >= 15 is 0 Å². The van der Waals surface area contributed by atoms with Crippen molar-refractivity contribution in [3.8, 4) is 16.6 Å². The molecule has 0 radical (unpaired) electrons. The van der Waals surface area contributed by atoms with E-state index in [-0.39, 0.29) is 11.1 Å². The van der Waals surface area contributed by atoms with Gasteiger partial charge in [0.2, 0.25) is 0 Å². The summed E-state index contributed by atoms with van der Waals surface area (Å²) in [4.78, 5) is 18.0. The standard InChI is InChI=1S/C18H16N4OS/c1-11-12(2)21-22(18(23)15(11)9-19)10-16-13(3)20-17(24-16)14-7-5-4-6-8-14/h4-8H,10H2,1-3H3. The molecule has 3 rings (SSSR count). The van der Waals surface area contributed by atoms with Crippen molar-refractivity contribution in [3.63, 3.8) is 0 Å². The molecule has 0 bridgehead atoms. The number of benzene rings is 1. The zero-order valence-electron chi connectivity index (χ0n) is 13.7. The molecule has 0 aliphatic rings. The minimum Gasteiger partial charge on any atom is -0.266 e. The lowest BCUT2D eigenvalue weighted by molar-refractivity contribution is 0.626. The van der Waals surface area contributed by atoms with Crippen LogP contribution < -0.4 is 5.56 Å². The Bertz CT molecular complexity index is 996. The molecule has 0 spiro atoms. The van der Waals surface area contributed by atoms with Gasteiger partial charge in [0.05, 0.1) is 17.9 Å². The topological polar surface area (TPSA) is 71.6 Å². The maximum absolute atomic E-state index is 12.4. The predicted molar refractivity (Wildman–Crippen MR) is 94.1 cm³/mol. The van der Waals surface area contributed by atoms with Gasteiger partial charge in [0, 0.05) is 10.4 Å². The summed E-state index contributed by atoms with van der Waals surface area (Å²) in [6, 6.07) is 11.9. The first kappa shape index (κ1) is 16.1. The maximum Gasteiger partial charge on any atom is 0.285 e. The van der Waals surface area contributed by atoms with Gasteiger partial charge in [0.15, 0.2) is 0 Å². The van der Waals surface area contributed by atoms with Crippen LogP contribution in [0.4, 0.5) is 0 Å². The van der Waals surface area contributed by atoms with Gasteiger partial charge in [-0.25, -0.2) is 9.67 Å².